The highest BCUT2D eigenvalue weighted by atomic mass is 16.4. The average Bonchev–Trinajstić information content (AvgIpc) is 3.11. The monoisotopic (exact) mass is 333 g/mol. The first-order valence-corrected chi connectivity index (χ1v) is 7.43. The third-order valence-corrected chi connectivity index (χ3v) is 3.59. The summed E-state index contributed by atoms with van der Waals surface area (Å²) >= 11 is 0. The zero-order valence-corrected chi connectivity index (χ0v) is 12.8. The molecule has 122 valence electrons. The van der Waals surface area contributed by atoms with E-state index in [0.717, 1.165) is 11.8 Å². The number of amides is 1. The molecular formula is C18H11N3O4. The van der Waals surface area contributed by atoms with E-state index in [1.165, 1.54) is 0 Å². The van der Waals surface area contributed by atoms with Crippen LogP contribution < -0.4 is 10.7 Å². The van der Waals surface area contributed by atoms with Gasteiger partial charge in [-0.1, -0.05) is 35.4 Å². The lowest BCUT2D eigenvalue weighted by Crippen LogP contribution is -2.21. The van der Waals surface area contributed by atoms with Gasteiger partial charge in [0.1, 0.15) is 17.4 Å². The number of hydrogen-bond acceptors (Lipinski definition) is 6. The first-order chi connectivity index (χ1) is 12.2. The molecule has 7 heteroatoms. The van der Waals surface area contributed by atoms with Crippen molar-refractivity contribution in [3.63, 3.8) is 0 Å². The Kier molecular flexibility index (Phi) is 3.59. The van der Waals surface area contributed by atoms with E-state index >= 15 is 0 Å². The Hall–Kier alpha value is -3.74. The van der Waals surface area contributed by atoms with Gasteiger partial charge in [-0.25, -0.2) is 0 Å². The summed E-state index contributed by atoms with van der Waals surface area (Å²) in [6, 6.07) is 15.7. The second kappa shape index (κ2) is 6.04. The van der Waals surface area contributed by atoms with Crippen LogP contribution >= 0.6 is 0 Å². The molecule has 0 bridgehead atoms. The van der Waals surface area contributed by atoms with E-state index in [-0.39, 0.29) is 17.5 Å². The van der Waals surface area contributed by atoms with Crippen LogP contribution in [0.2, 0.25) is 0 Å². The number of anilines is 1. The standard InChI is InChI=1S/C18H11N3O4/c22-15-12-8-4-5-9-14(12)24-10-13(15)16(23)19-18-21-20-17(25-18)11-6-2-1-3-7-11/h1-10H,(H,19,21,23). The van der Waals surface area contributed by atoms with Crippen LogP contribution in [0.4, 0.5) is 6.01 Å². The molecule has 4 rings (SSSR count). The summed E-state index contributed by atoms with van der Waals surface area (Å²) in [4.78, 5) is 24.7. The molecule has 7 nitrogen and oxygen atoms in total. The van der Waals surface area contributed by atoms with E-state index in [0.29, 0.717) is 11.0 Å². The number of nitrogens with zero attached hydrogens (tertiary/aromatic N) is 2. The van der Waals surface area contributed by atoms with Gasteiger partial charge in [-0.15, -0.1) is 5.10 Å². The van der Waals surface area contributed by atoms with Gasteiger partial charge >= 0.3 is 6.01 Å². The number of carbonyl (C=O) groups is 1. The topological polar surface area (TPSA) is 98.2 Å². The number of para-hydroxylation sites is 1. The number of hydrogen-bond donors (Lipinski definition) is 1. The Morgan fingerprint density at radius 2 is 1.72 bits per heavy atom. The Balaban J connectivity index is 1.62. The summed E-state index contributed by atoms with van der Waals surface area (Å²) in [5.74, 6) is -0.413. The largest absolute Gasteiger partial charge is 0.463 e. The molecule has 2 aromatic heterocycles. The van der Waals surface area contributed by atoms with Crippen molar-refractivity contribution in [2.24, 2.45) is 0 Å². The van der Waals surface area contributed by atoms with Crippen LogP contribution in [0.15, 0.2) is 74.5 Å². The van der Waals surface area contributed by atoms with Crippen LogP contribution in [0.25, 0.3) is 22.4 Å². The van der Waals surface area contributed by atoms with E-state index in [1.807, 2.05) is 18.2 Å². The van der Waals surface area contributed by atoms with Crippen molar-refractivity contribution < 1.29 is 13.6 Å². The van der Waals surface area contributed by atoms with Crippen molar-refractivity contribution in [2.75, 3.05) is 5.32 Å². The van der Waals surface area contributed by atoms with Gasteiger partial charge in [-0.3, -0.25) is 14.9 Å². The van der Waals surface area contributed by atoms with Crippen molar-refractivity contribution in [3.8, 4) is 11.5 Å². The van der Waals surface area contributed by atoms with Gasteiger partial charge < -0.3 is 8.83 Å². The molecule has 0 aliphatic rings. The highest BCUT2D eigenvalue weighted by Gasteiger charge is 2.17. The Morgan fingerprint density at radius 1 is 0.960 bits per heavy atom. The molecule has 0 aliphatic heterocycles. The zero-order chi connectivity index (χ0) is 17.2. The lowest BCUT2D eigenvalue weighted by Gasteiger charge is -2.01. The number of nitrogens with one attached hydrogen (secondary N) is 1. The van der Waals surface area contributed by atoms with Crippen molar-refractivity contribution in [3.05, 3.63) is 76.6 Å². The lowest BCUT2D eigenvalue weighted by molar-refractivity contribution is 0.102. The van der Waals surface area contributed by atoms with Gasteiger partial charge in [0.25, 0.3) is 5.91 Å². The molecule has 1 amide bonds. The summed E-state index contributed by atoms with van der Waals surface area (Å²) in [6.07, 6.45) is 1.12. The molecule has 0 unspecified atom stereocenters. The van der Waals surface area contributed by atoms with E-state index in [2.05, 4.69) is 15.5 Å². The normalized spacial score (nSPS) is 10.7. The molecule has 0 atom stereocenters. The fourth-order valence-corrected chi connectivity index (χ4v) is 2.37. The summed E-state index contributed by atoms with van der Waals surface area (Å²) < 4.78 is 10.7. The lowest BCUT2D eigenvalue weighted by atomic mass is 10.1. The van der Waals surface area contributed by atoms with E-state index in [4.69, 9.17) is 8.83 Å². The molecule has 2 aromatic carbocycles. The second-order valence-electron chi connectivity index (χ2n) is 5.21. The minimum absolute atomic E-state index is 0.101. The minimum atomic E-state index is -0.678. The smallest absolute Gasteiger partial charge is 0.322 e. The number of fused-ring (bicyclic) bond motifs is 1. The maximum atomic E-state index is 12.4. The van der Waals surface area contributed by atoms with Crippen molar-refractivity contribution in [2.45, 2.75) is 0 Å². The van der Waals surface area contributed by atoms with Crippen LogP contribution in [-0.2, 0) is 0 Å². The van der Waals surface area contributed by atoms with Gasteiger partial charge in [0.2, 0.25) is 11.3 Å². The summed E-state index contributed by atoms with van der Waals surface area (Å²) in [6.45, 7) is 0. The molecule has 0 radical (unpaired) electrons. The molecule has 0 spiro atoms. The molecule has 1 N–H and O–H groups in total. The quantitative estimate of drug-likeness (QED) is 0.618. The molecule has 25 heavy (non-hydrogen) atoms. The molecule has 0 saturated carbocycles. The maximum Gasteiger partial charge on any atom is 0.322 e. The molecule has 4 aromatic rings. The first kappa shape index (κ1) is 14.8. The predicted octanol–water partition coefficient (Wildman–Crippen LogP) is 3.10. The van der Waals surface area contributed by atoms with Gasteiger partial charge in [-0.05, 0) is 24.3 Å². The molecule has 0 fully saturated rings. The van der Waals surface area contributed by atoms with Crippen molar-refractivity contribution >= 4 is 22.9 Å². The number of rotatable bonds is 3. The van der Waals surface area contributed by atoms with Gasteiger partial charge in [0.15, 0.2) is 0 Å². The first-order valence-electron chi connectivity index (χ1n) is 7.43. The third-order valence-electron chi connectivity index (χ3n) is 3.59. The highest BCUT2D eigenvalue weighted by molar-refractivity contribution is 6.04. The summed E-state index contributed by atoms with van der Waals surface area (Å²) in [7, 11) is 0. The number of carbonyl (C=O) groups excluding carboxylic acids is 1. The van der Waals surface area contributed by atoms with Crippen molar-refractivity contribution in [1.82, 2.24) is 10.2 Å². The predicted molar refractivity (Wildman–Crippen MR) is 90.2 cm³/mol. The Labute approximate surface area is 140 Å². The third kappa shape index (κ3) is 2.78. The van der Waals surface area contributed by atoms with E-state index < -0.39 is 11.3 Å². The molecule has 2 heterocycles. The van der Waals surface area contributed by atoms with Crippen LogP contribution in [0.1, 0.15) is 10.4 Å². The van der Waals surface area contributed by atoms with Gasteiger partial charge in [0.05, 0.1) is 5.39 Å². The van der Waals surface area contributed by atoms with E-state index in [1.54, 1.807) is 36.4 Å². The fourth-order valence-electron chi connectivity index (χ4n) is 2.37. The second-order valence-corrected chi connectivity index (χ2v) is 5.21. The van der Waals surface area contributed by atoms with E-state index in [9.17, 15) is 9.59 Å². The Bertz CT molecular complexity index is 1120. The highest BCUT2D eigenvalue weighted by Crippen LogP contribution is 2.19. The van der Waals surface area contributed by atoms with Crippen LogP contribution in [0, 0.1) is 0 Å². The zero-order valence-electron chi connectivity index (χ0n) is 12.8. The minimum Gasteiger partial charge on any atom is -0.463 e. The van der Waals surface area contributed by atoms with Crippen LogP contribution in [0.3, 0.4) is 0 Å². The van der Waals surface area contributed by atoms with Crippen LogP contribution in [0.5, 0.6) is 0 Å². The van der Waals surface area contributed by atoms with Gasteiger partial charge in [-0.2, -0.15) is 0 Å². The average molecular weight is 333 g/mol. The fraction of sp³-hybridized carbons (Fsp3) is 0. The number of benzene rings is 2. The van der Waals surface area contributed by atoms with Crippen molar-refractivity contribution in [1.29, 1.82) is 0 Å². The van der Waals surface area contributed by atoms with Gasteiger partial charge in [0, 0.05) is 5.56 Å². The summed E-state index contributed by atoms with van der Waals surface area (Å²) in [5, 5.41) is 10.4. The number of aromatic nitrogens is 2. The molecule has 0 aliphatic carbocycles. The van der Waals surface area contributed by atoms with Crippen LogP contribution in [-0.4, -0.2) is 16.1 Å². The maximum absolute atomic E-state index is 12.4. The Morgan fingerprint density at radius 3 is 2.56 bits per heavy atom. The molecular weight excluding hydrogens is 322 g/mol. The molecule has 0 saturated heterocycles. The SMILES string of the molecule is O=C(Nc1nnc(-c2ccccc2)o1)c1coc2ccccc2c1=O. The summed E-state index contributed by atoms with van der Waals surface area (Å²) in [5.41, 5.74) is 0.564.